The lowest BCUT2D eigenvalue weighted by molar-refractivity contribution is 0.0224. The Hall–Kier alpha value is -4.44. The van der Waals surface area contributed by atoms with Crippen molar-refractivity contribution in [3.8, 4) is 35.3 Å². The number of phenolic OH excluding ortho intramolecular Hbond substituents is 2. The molecule has 2 aliphatic heterocycles. The maximum atomic E-state index is 12.9. The van der Waals surface area contributed by atoms with E-state index in [2.05, 4.69) is 11.2 Å². The van der Waals surface area contributed by atoms with E-state index in [-0.39, 0.29) is 35.4 Å². The van der Waals surface area contributed by atoms with Crippen molar-refractivity contribution < 1.29 is 29.3 Å². The summed E-state index contributed by atoms with van der Waals surface area (Å²) in [6, 6.07) is 13.6. The number of aromatic hydroxyl groups is 2. The number of esters is 1. The molecule has 7 nitrogen and oxygen atoms in total. The summed E-state index contributed by atoms with van der Waals surface area (Å²) in [6.07, 6.45) is 5.22. The number of carbonyl (C=O) groups is 2. The number of rotatable bonds is 2. The van der Waals surface area contributed by atoms with Gasteiger partial charge in [-0.1, -0.05) is 5.92 Å². The highest BCUT2D eigenvalue weighted by Crippen LogP contribution is 2.57. The number of hydrogen-bond donors (Lipinski definition) is 3. The number of fused-ring (bicyclic) bond motifs is 6. The topological polar surface area (TPSA) is 105 Å². The van der Waals surface area contributed by atoms with Crippen LogP contribution in [0.25, 0.3) is 0 Å². The molecule has 0 aromatic heterocycles. The van der Waals surface area contributed by atoms with Gasteiger partial charge in [0.2, 0.25) is 0 Å². The SMILES string of the molecule is C#CCNC(=O)c1ccc2c(c1)C1(OC2=O)c2ccc(O)cc2Oc2cc(O)ccc21. The number of amides is 1. The van der Waals surface area contributed by atoms with Gasteiger partial charge in [-0.05, 0) is 42.5 Å². The number of hydrogen-bond acceptors (Lipinski definition) is 6. The van der Waals surface area contributed by atoms with Crippen LogP contribution in [0, 0.1) is 12.3 Å². The van der Waals surface area contributed by atoms with Crippen molar-refractivity contribution in [1.82, 2.24) is 5.32 Å². The van der Waals surface area contributed by atoms with Crippen LogP contribution in [0.3, 0.4) is 0 Å². The third kappa shape index (κ3) is 2.62. The largest absolute Gasteiger partial charge is 0.508 e. The van der Waals surface area contributed by atoms with Crippen LogP contribution >= 0.6 is 0 Å². The highest BCUT2D eigenvalue weighted by atomic mass is 16.6. The molecule has 0 bridgehead atoms. The maximum absolute atomic E-state index is 12.9. The Morgan fingerprint density at radius 3 is 2.23 bits per heavy atom. The first-order valence-corrected chi connectivity index (χ1v) is 9.38. The van der Waals surface area contributed by atoms with Gasteiger partial charge in [-0.25, -0.2) is 4.79 Å². The Bertz CT molecular complexity index is 1270. The molecule has 0 saturated heterocycles. The summed E-state index contributed by atoms with van der Waals surface area (Å²) in [5, 5.41) is 22.5. The van der Waals surface area contributed by atoms with E-state index >= 15 is 0 Å². The molecule has 3 N–H and O–H groups in total. The molecular weight excluding hydrogens is 398 g/mol. The molecule has 0 atom stereocenters. The molecule has 0 saturated carbocycles. The lowest BCUT2D eigenvalue weighted by atomic mass is 9.77. The summed E-state index contributed by atoms with van der Waals surface area (Å²) < 4.78 is 11.9. The van der Waals surface area contributed by atoms with Crippen molar-refractivity contribution in [1.29, 1.82) is 0 Å². The zero-order chi connectivity index (χ0) is 21.8. The summed E-state index contributed by atoms with van der Waals surface area (Å²) in [6.45, 7) is 0.0640. The Kier molecular flexibility index (Phi) is 3.92. The second kappa shape index (κ2) is 6.54. The molecular formula is C24H15NO6. The Morgan fingerprint density at radius 1 is 0.968 bits per heavy atom. The van der Waals surface area contributed by atoms with Crippen molar-refractivity contribution in [3.63, 3.8) is 0 Å². The van der Waals surface area contributed by atoms with Crippen LogP contribution in [0.4, 0.5) is 0 Å². The van der Waals surface area contributed by atoms with Gasteiger partial charge in [0.15, 0.2) is 5.60 Å². The van der Waals surface area contributed by atoms with Crippen molar-refractivity contribution in [3.05, 3.63) is 82.4 Å². The van der Waals surface area contributed by atoms with Gasteiger partial charge in [0.05, 0.1) is 12.1 Å². The molecule has 0 unspecified atom stereocenters. The molecule has 152 valence electrons. The summed E-state index contributed by atoms with van der Waals surface area (Å²) in [5.74, 6) is 1.85. The van der Waals surface area contributed by atoms with E-state index in [0.717, 1.165) is 0 Å². The number of ether oxygens (including phenoxy) is 2. The lowest BCUT2D eigenvalue weighted by Gasteiger charge is -2.36. The highest BCUT2D eigenvalue weighted by molar-refractivity contribution is 6.00. The second-order valence-electron chi connectivity index (χ2n) is 7.18. The van der Waals surface area contributed by atoms with Gasteiger partial charge in [0, 0.05) is 34.4 Å². The summed E-state index contributed by atoms with van der Waals surface area (Å²) >= 11 is 0. The number of nitrogens with one attached hydrogen (secondary N) is 1. The predicted octanol–water partition coefficient (Wildman–Crippen LogP) is 3.03. The predicted molar refractivity (Wildman–Crippen MR) is 109 cm³/mol. The minimum Gasteiger partial charge on any atom is -0.508 e. The molecule has 3 aromatic rings. The van der Waals surface area contributed by atoms with Crippen LogP contribution in [-0.2, 0) is 10.3 Å². The van der Waals surface area contributed by atoms with E-state index in [1.165, 1.54) is 36.4 Å². The third-order valence-electron chi connectivity index (χ3n) is 5.39. The summed E-state index contributed by atoms with van der Waals surface area (Å²) in [4.78, 5) is 25.4. The Morgan fingerprint density at radius 2 is 1.61 bits per heavy atom. The minimum absolute atomic E-state index is 0.0375. The molecule has 2 aliphatic rings. The molecule has 1 amide bonds. The first-order valence-electron chi connectivity index (χ1n) is 9.38. The molecule has 3 aromatic carbocycles. The zero-order valence-corrected chi connectivity index (χ0v) is 16.0. The lowest BCUT2D eigenvalue weighted by Crippen LogP contribution is -2.33. The Labute approximate surface area is 176 Å². The monoisotopic (exact) mass is 413 g/mol. The molecule has 2 heterocycles. The normalized spacial score (nSPS) is 14.5. The van der Waals surface area contributed by atoms with Crippen LogP contribution in [0.5, 0.6) is 23.0 Å². The molecule has 7 heteroatoms. The van der Waals surface area contributed by atoms with Crippen molar-refractivity contribution in [2.75, 3.05) is 6.54 Å². The number of phenols is 2. The van der Waals surface area contributed by atoms with Crippen molar-refractivity contribution in [2.24, 2.45) is 0 Å². The van der Waals surface area contributed by atoms with Gasteiger partial charge in [0.1, 0.15) is 23.0 Å². The number of terminal acetylenes is 1. The first-order chi connectivity index (χ1) is 14.9. The minimum atomic E-state index is -1.42. The highest BCUT2D eigenvalue weighted by Gasteiger charge is 2.53. The van der Waals surface area contributed by atoms with Crippen LogP contribution in [-0.4, -0.2) is 28.6 Å². The van der Waals surface area contributed by atoms with Gasteiger partial charge in [0.25, 0.3) is 5.91 Å². The van der Waals surface area contributed by atoms with Crippen molar-refractivity contribution >= 4 is 11.9 Å². The Balaban J connectivity index is 1.79. The maximum Gasteiger partial charge on any atom is 0.340 e. The van der Waals surface area contributed by atoms with Gasteiger partial charge < -0.3 is 25.0 Å². The average Bonchev–Trinajstić information content (AvgIpc) is 3.04. The van der Waals surface area contributed by atoms with Crippen LogP contribution in [0.15, 0.2) is 54.6 Å². The van der Waals surface area contributed by atoms with Gasteiger partial charge in [-0.3, -0.25) is 4.79 Å². The smallest absolute Gasteiger partial charge is 0.340 e. The molecule has 0 fully saturated rings. The summed E-state index contributed by atoms with van der Waals surface area (Å²) in [5.41, 5.74) is 0.605. The fourth-order valence-electron chi connectivity index (χ4n) is 4.07. The van der Waals surface area contributed by atoms with E-state index in [1.54, 1.807) is 18.2 Å². The van der Waals surface area contributed by atoms with Gasteiger partial charge in [-0.2, -0.15) is 0 Å². The van der Waals surface area contributed by atoms with E-state index in [4.69, 9.17) is 15.9 Å². The first kappa shape index (κ1) is 18.6. The third-order valence-corrected chi connectivity index (χ3v) is 5.39. The second-order valence-corrected chi connectivity index (χ2v) is 7.18. The number of carbonyl (C=O) groups excluding carboxylic acids is 2. The summed E-state index contributed by atoms with van der Waals surface area (Å²) in [7, 11) is 0. The molecule has 1 spiro atoms. The quantitative estimate of drug-likeness (QED) is 0.441. The molecule has 0 aliphatic carbocycles. The fourth-order valence-corrected chi connectivity index (χ4v) is 4.07. The van der Waals surface area contributed by atoms with Gasteiger partial charge in [-0.15, -0.1) is 6.42 Å². The van der Waals surface area contributed by atoms with Gasteiger partial charge >= 0.3 is 5.97 Å². The van der Waals surface area contributed by atoms with Crippen LogP contribution < -0.4 is 10.1 Å². The molecule has 31 heavy (non-hydrogen) atoms. The van der Waals surface area contributed by atoms with E-state index in [9.17, 15) is 19.8 Å². The van der Waals surface area contributed by atoms with Crippen molar-refractivity contribution in [2.45, 2.75) is 5.60 Å². The zero-order valence-electron chi connectivity index (χ0n) is 16.0. The van der Waals surface area contributed by atoms with Crippen LogP contribution in [0.1, 0.15) is 37.4 Å². The number of benzene rings is 3. The fraction of sp³-hybridized carbons (Fsp3) is 0.0833. The standard InChI is InChI=1S/C24H15NO6/c1-2-9-25-22(28)13-3-6-16-19(10-13)24(31-23(16)29)17-7-4-14(26)11-20(17)30-21-12-15(27)5-8-18(21)24/h1,3-8,10-12,26-27H,9H2,(H,25,28). The average molecular weight is 413 g/mol. The molecule has 5 rings (SSSR count). The van der Waals surface area contributed by atoms with Crippen LogP contribution in [0.2, 0.25) is 0 Å². The van der Waals surface area contributed by atoms with E-state index in [1.807, 2.05) is 0 Å². The molecule has 0 radical (unpaired) electrons. The van der Waals surface area contributed by atoms with E-state index < -0.39 is 11.6 Å². The van der Waals surface area contributed by atoms with E-state index in [0.29, 0.717) is 27.8 Å².